The van der Waals surface area contributed by atoms with Gasteiger partial charge in [0, 0.05) is 6.04 Å². The fourth-order valence-electron chi connectivity index (χ4n) is 2.39. The number of hydrogen-bond donors (Lipinski definition) is 1. The van der Waals surface area contributed by atoms with E-state index in [1.807, 2.05) is 24.3 Å². The summed E-state index contributed by atoms with van der Waals surface area (Å²) in [4.78, 5) is 12.1. The van der Waals surface area contributed by atoms with Gasteiger partial charge in [-0.05, 0) is 29.2 Å². The summed E-state index contributed by atoms with van der Waals surface area (Å²) >= 11 is 0. The fourth-order valence-corrected chi connectivity index (χ4v) is 2.39. The van der Waals surface area contributed by atoms with E-state index in [0.29, 0.717) is 12.5 Å². The predicted molar refractivity (Wildman–Crippen MR) is 80.2 cm³/mol. The Bertz CT molecular complexity index is 553. The van der Waals surface area contributed by atoms with Crippen LogP contribution in [0, 0.1) is 0 Å². The summed E-state index contributed by atoms with van der Waals surface area (Å²) in [6, 6.07) is 14.6. The van der Waals surface area contributed by atoms with E-state index in [0.717, 1.165) is 18.4 Å². The molecule has 2 aromatic rings. The standard InChI is InChI=1S/C17H21NO/c1-3-15(4-2)18-17(19)12-14-10-7-9-13-8-5-6-11-16(13)14/h5-11,15H,3-4,12H2,1-2H3,(H,18,19). The zero-order valence-corrected chi connectivity index (χ0v) is 11.6. The molecule has 0 atom stereocenters. The molecule has 2 aromatic carbocycles. The SMILES string of the molecule is CCC(CC)NC(=O)Cc1cccc2ccccc12. The number of rotatable bonds is 5. The van der Waals surface area contributed by atoms with Crippen LogP contribution >= 0.6 is 0 Å². The van der Waals surface area contributed by atoms with Crippen molar-refractivity contribution in [2.75, 3.05) is 0 Å². The van der Waals surface area contributed by atoms with Crippen molar-refractivity contribution in [2.24, 2.45) is 0 Å². The Morgan fingerprint density at radius 1 is 1.05 bits per heavy atom. The van der Waals surface area contributed by atoms with Crippen molar-refractivity contribution >= 4 is 16.7 Å². The van der Waals surface area contributed by atoms with E-state index in [4.69, 9.17) is 0 Å². The number of amides is 1. The summed E-state index contributed by atoms with van der Waals surface area (Å²) in [6.07, 6.45) is 2.42. The summed E-state index contributed by atoms with van der Waals surface area (Å²) < 4.78 is 0. The minimum atomic E-state index is 0.116. The third-order valence-electron chi connectivity index (χ3n) is 3.58. The van der Waals surface area contributed by atoms with Crippen LogP contribution in [0.3, 0.4) is 0 Å². The van der Waals surface area contributed by atoms with Crippen LogP contribution in [-0.2, 0) is 11.2 Å². The lowest BCUT2D eigenvalue weighted by Gasteiger charge is -2.15. The predicted octanol–water partition coefficient (Wildman–Crippen LogP) is 3.69. The third kappa shape index (κ3) is 3.34. The Morgan fingerprint density at radius 3 is 2.47 bits per heavy atom. The summed E-state index contributed by atoms with van der Waals surface area (Å²) in [7, 11) is 0. The van der Waals surface area contributed by atoms with Gasteiger partial charge >= 0.3 is 0 Å². The Balaban J connectivity index is 2.15. The van der Waals surface area contributed by atoms with Gasteiger partial charge in [0.25, 0.3) is 0 Å². The normalized spacial score (nSPS) is 10.9. The lowest BCUT2D eigenvalue weighted by Crippen LogP contribution is -2.34. The van der Waals surface area contributed by atoms with Crippen molar-refractivity contribution in [1.82, 2.24) is 5.32 Å². The van der Waals surface area contributed by atoms with Gasteiger partial charge < -0.3 is 5.32 Å². The van der Waals surface area contributed by atoms with Crippen molar-refractivity contribution in [3.63, 3.8) is 0 Å². The van der Waals surface area contributed by atoms with E-state index in [9.17, 15) is 4.79 Å². The largest absolute Gasteiger partial charge is 0.353 e. The van der Waals surface area contributed by atoms with Crippen LogP contribution < -0.4 is 5.32 Å². The van der Waals surface area contributed by atoms with Crippen LogP contribution in [0.25, 0.3) is 10.8 Å². The van der Waals surface area contributed by atoms with E-state index in [2.05, 4.69) is 37.4 Å². The van der Waals surface area contributed by atoms with Crippen molar-refractivity contribution in [2.45, 2.75) is 39.2 Å². The van der Waals surface area contributed by atoms with E-state index in [-0.39, 0.29) is 5.91 Å². The zero-order chi connectivity index (χ0) is 13.7. The second kappa shape index (κ2) is 6.37. The molecule has 1 amide bonds. The van der Waals surface area contributed by atoms with Gasteiger partial charge in [0.15, 0.2) is 0 Å². The smallest absolute Gasteiger partial charge is 0.224 e. The highest BCUT2D eigenvalue weighted by Crippen LogP contribution is 2.18. The second-order valence-corrected chi connectivity index (χ2v) is 4.90. The Morgan fingerprint density at radius 2 is 1.74 bits per heavy atom. The Labute approximate surface area is 114 Å². The molecule has 1 N–H and O–H groups in total. The van der Waals surface area contributed by atoms with Crippen LogP contribution in [0.5, 0.6) is 0 Å². The maximum absolute atomic E-state index is 12.1. The van der Waals surface area contributed by atoms with Gasteiger partial charge in [0.2, 0.25) is 5.91 Å². The first-order chi connectivity index (χ1) is 9.24. The topological polar surface area (TPSA) is 29.1 Å². The molecule has 2 heteroatoms. The fraction of sp³-hybridized carbons (Fsp3) is 0.353. The quantitative estimate of drug-likeness (QED) is 0.867. The Hall–Kier alpha value is -1.83. The molecule has 19 heavy (non-hydrogen) atoms. The highest BCUT2D eigenvalue weighted by molar-refractivity contribution is 5.90. The molecular formula is C17H21NO. The molecule has 0 bridgehead atoms. The van der Waals surface area contributed by atoms with Crippen LogP contribution in [0.15, 0.2) is 42.5 Å². The number of hydrogen-bond acceptors (Lipinski definition) is 1. The molecule has 0 aromatic heterocycles. The molecule has 0 saturated carbocycles. The highest BCUT2D eigenvalue weighted by atomic mass is 16.1. The average Bonchev–Trinajstić information content (AvgIpc) is 2.45. The number of carbonyl (C=O) groups excluding carboxylic acids is 1. The van der Waals surface area contributed by atoms with E-state index < -0.39 is 0 Å². The molecule has 2 rings (SSSR count). The van der Waals surface area contributed by atoms with E-state index in [1.165, 1.54) is 10.8 Å². The molecule has 100 valence electrons. The van der Waals surface area contributed by atoms with Gasteiger partial charge in [-0.15, -0.1) is 0 Å². The van der Waals surface area contributed by atoms with Gasteiger partial charge in [0.1, 0.15) is 0 Å². The van der Waals surface area contributed by atoms with Crippen molar-refractivity contribution in [1.29, 1.82) is 0 Å². The first kappa shape index (κ1) is 13.6. The molecule has 0 spiro atoms. The first-order valence-electron chi connectivity index (χ1n) is 7.00. The maximum atomic E-state index is 12.1. The van der Waals surface area contributed by atoms with Crippen molar-refractivity contribution in [3.05, 3.63) is 48.0 Å². The number of carbonyl (C=O) groups is 1. The lowest BCUT2D eigenvalue weighted by atomic mass is 10.0. The highest BCUT2D eigenvalue weighted by Gasteiger charge is 2.10. The number of fused-ring (bicyclic) bond motifs is 1. The van der Waals surface area contributed by atoms with E-state index >= 15 is 0 Å². The summed E-state index contributed by atoms with van der Waals surface area (Å²) in [5.41, 5.74) is 1.10. The minimum Gasteiger partial charge on any atom is -0.353 e. The van der Waals surface area contributed by atoms with Gasteiger partial charge in [-0.1, -0.05) is 56.3 Å². The molecule has 0 aliphatic carbocycles. The summed E-state index contributed by atoms with van der Waals surface area (Å²) in [5.74, 6) is 0.116. The van der Waals surface area contributed by atoms with E-state index in [1.54, 1.807) is 0 Å². The van der Waals surface area contributed by atoms with Gasteiger partial charge in [-0.2, -0.15) is 0 Å². The molecular weight excluding hydrogens is 234 g/mol. The maximum Gasteiger partial charge on any atom is 0.224 e. The Kier molecular flexibility index (Phi) is 4.56. The van der Waals surface area contributed by atoms with Gasteiger partial charge in [-0.25, -0.2) is 0 Å². The lowest BCUT2D eigenvalue weighted by molar-refractivity contribution is -0.121. The molecule has 0 unspecified atom stereocenters. The zero-order valence-electron chi connectivity index (χ0n) is 11.6. The minimum absolute atomic E-state index is 0.116. The van der Waals surface area contributed by atoms with Crippen LogP contribution in [0.4, 0.5) is 0 Å². The molecule has 0 heterocycles. The summed E-state index contributed by atoms with van der Waals surface area (Å²) in [6.45, 7) is 4.21. The second-order valence-electron chi connectivity index (χ2n) is 4.90. The summed E-state index contributed by atoms with van der Waals surface area (Å²) in [5, 5.41) is 5.45. The molecule has 0 radical (unpaired) electrons. The average molecular weight is 255 g/mol. The van der Waals surface area contributed by atoms with Gasteiger partial charge in [0.05, 0.1) is 6.42 Å². The monoisotopic (exact) mass is 255 g/mol. The van der Waals surface area contributed by atoms with Crippen LogP contribution in [-0.4, -0.2) is 11.9 Å². The molecule has 0 aliphatic rings. The molecule has 0 aliphatic heterocycles. The number of benzene rings is 2. The third-order valence-corrected chi connectivity index (χ3v) is 3.58. The van der Waals surface area contributed by atoms with Crippen molar-refractivity contribution < 1.29 is 4.79 Å². The first-order valence-corrected chi connectivity index (χ1v) is 7.00. The van der Waals surface area contributed by atoms with Crippen molar-refractivity contribution in [3.8, 4) is 0 Å². The molecule has 2 nitrogen and oxygen atoms in total. The van der Waals surface area contributed by atoms with Crippen LogP contribution in [0.2, 0.25) is 0 Å². The number of nitrogens with one attached hydrogen (secondary N) is 1. The van der Waals surface area contributed by atoms with Gasteiger partial charge in [-0.3, -0.25) is 4.79 Å². The molecule has 0 saturated heterocycles. The van der Waals surface area contributed by atoms with Crippen LogP contribution in [0.1, 0.15) is 32.3 Å². The molecule has 0 fully saturated rings.